The molecule has 1 aromatic carbocycles. The van der Waals surface area contributed by atoms with Crippen LogP contribution in [0.15, 0.2) is 34.7 Å². The Balaban J connectivity index is 1.48. The molecule has 1 atom stereocenters. The average Bonchev–Trinajstić information content (AvgIpc) is 3.24. The SMILES string of the molecule is Cc1cc(C(=O)N2CCC3(CCCN(Cc4ccc(F)cc4)C3=O)C2)c(C)o1. The number of aryl methyl sites for hydroxylation is 2. The van der Waals surface area contributed by atoms with Gasteiger partial charge in [-0.2, -0.15) is 0 Å². The molecule has 2 fully saturated rings. The Hall–Kier alpha value is -2.63. The van der Waals surface area contributed by atoms with E-state index in [0.717, 1.165) is 18.4 Å². The summed E-state index contributed by atoms with van der Waals surface area (Å²) < 4.78 is 18.6. The van der Waals surface area contributed by atoms with Gasteiger partial charge in [-0.05, 0) is 56.9 Å². The van der Waals surface area contributed by atoms with E-state index < -0.39 is 5.41 Å². The van der Waals surface area contributed by atoms with Gasteiger partial charge in [0, 0.05) is 26.2 Å². The second kappa shape index (κ2) is 7.08. The topological polar surface area (TPSA) is 53.8 Å². The van der Waals surface area contributed by atoms with Gasteiger partial charge in [0.1, 0.15) is 17.3 Å². The van der Waals surface area contributed by atoms with Crippen LogP contribution in [-0.4, -0.2) is 41.2 Å². The summed E-state index contributed by atoms with van der Waals surface area (Å²) in [4.78, 5) is 29.9. The molecule has 1 unspecified atom stereocenters. The first-order chi connectivity index (χ1) is 13.4. The van der Waals surface area contributed by atoms with Gasteiger partial charge in [0.15, 0.2) is 0 Å². The van der Waals surface area contributed by atoms with Crippen molar-refractivity contribution in [2.45, 2.75) is 39.7 Å². The number of hydrogen-bond donors (Lipinski definition) is 0. The maximum atomic E-state index is 13.3. The van der Waals surface area contributed by atoms with E-state index in [1.165, 1.54) is 12.1 Å². The molecule has 0 N–H and O–H groups in total. The number of furan rings is 1. The molecule has 4 rings (SSSR count). The van der Waals surface area contributed by atoms with E-state index in [9.17, 15) is 14.0 Å². The molecular formula is C22H25FN2O3. The van der Waals surface area contributed by atoms with Crippen LogP contribution in [0.4, 0.5) is 4.39 Å². The molecule has 2 aromatic rings. The molecule has 0 saturated carbocycles. The van der Waals surface area contributed by atoms with Gasteiger partial charge < -0.3 is 14.2 Å². The van der Waals surface area contributed by atoms with Crippen molar-refractivity contribution in [3.8, 4) is 0 Å². The van der Waals surface area contributed by atoms with Crippen molar-refractivity contribution in [1.29, 1.82) is 0 Å². The first kappa shape index (κ1) is 18.7. The molecule has 3 heterocycles. The third kappa shape index (κ3) is 3.32. The summed E-state index contributed by atoms with van der Waals surface area (Å²) in [5.74, 6) is 1.11. The van der Waals surface area contributed by atoms with E-state index in [2.05, 4.69) is 0 Å². The minimum Gasteiger partial charge on any atom is -0.466 e. The molecule has 2 aliphatic rings. The molecule has 148 valence electrons. The molecule has 0 radical (unpaired) electrons. The van der Waals surface area contributed by atoms with E-state index in [4.69, 9.17) is 4.42 Å². The van der Waals surface area contributed by atoms with E-state index in [1.54, 1.807) is 30.0 Å². The van der Waals surface area contributed by atoms with Gasteiger partial charge >= 0.3 is 0 Å². The minimum absolute atomic E-state index is 0.0605. The standard InChI is InChI=1S/C22H25FN2O3/c1-15-12-19(16(2)28-15)20(26)25-11-9-22(14-25)8-3-10-24(21(22)27)13-17-4-6-18(23)7-5-17/h4-7,12H,3,8-11,13-14H2,1-2H3. The Bertz CT molecular complexity index is 905. The molecule has 0 bridgehead atoms. The fraction of sp³-hybridized carbons (Fsp3) is 0.455. The number of benzene rings is 1. The quantitative estimate of drug-likeness (QED) is 0.811. The molecule has 6 heteroatoms. The van der Waals surface area contributed by atoms with Gasteiger partial charge in [-0.1, -0.05) is 12.1 Å². The van der Waals surface area contributed by atoms with Crippen molar-refractivity contribution in [2.75, 3.05) is 19.6 Å². The minimum atomic E-state index is -0.499. The molecule has 2 aliphatic heterocycles. The van der Waals surface area contributed by atoms with Crippen LogP contribution in [0.5, 0.6) is 0 Å². The molecule has 1 spiro atoms. The second-order valence-corrected chi connectivity index (χ2v) is 8.04. The Morgan fingerprint density at radius 1 is 1.18 bits per heavy atom. The zero-order chi connectivity index (χ0) is 19.9. The fourth-order valence-corrected chi connectivity index (χ4v) is 4.55. The summed E-state index contributed by atoms with van der Waals surface area (Å²) in [6.07, 6.45) is 2.41. The van der Waals surface area contributed by atoms with E-state index in [-0.39, 0.29) is 17.6 Å². The number of likely N-dealkylation sites (tertiary alicyclic amines) is 2. The number of carbonyl (C=O) groups is 2. The van der Waals surface area contributed by atoms with Gasteiger partial charge in [0.2, 0.25) is 5.91 Å². The highest BCUT2D eigenvalue weighted by molar-refractivity contribution is 5.96. The van der Waals surface area contributed by atoms with Crippen LogP contribution in [0.2, 0.25) is 0 Å². The van der Waals surface area contributed by atoms with Gasteiger partial charge in [-0.15, -0.1) is 0 Å². The monoisotopic (exact) mass is 384 g/mol. The van der Waals surface area contributed by atoms with Crippen molar-refractivity contribution in [3.63, 3.8) is 0 Å². The lowest BCUT2D eigenvalue weighted by molar-refractivity contribution is -0.146. The van der Waals surface area contributed by atoms with Crippen molar-refractivity contribution in [2.24, 2.45) is 5.41 Å². The lowest BCUT2D eigenvalue weighted by atomic mass is 9.78. The molecule has 2 saturated heterocycles. The van der Waals surface area contributed by atoms with Crippen LogP contribution in [0.1, 0.15) is 46.7 Å². The van der Waals surface area contributed by atoms with Crippen LogP contribution in [0.25, 0.3) is 0 Å². The number of piperidine rings is 1. The zero-order valence-electron chi connectivity index (χ0n) is 16.3. The van der Waals surface area contributed by atoms with Crippen molar-refractivity contribution < 1.29 is 18.4 Å². The van der Waals surface area contributed by atoms with Crippen molar-refractivity contribution in [1.82, 2.24) is 9.80 Å². The lowest BCUT2D eigenvalue weighted by Gasteiger charge is -2.39. The predicted octanol–water partition coefficient (Wildman–Crippen LogP) is 3.69. The largest absolute Gasteiger partial charge is 0.466 e. The summed E-state index contributed by atoms with van der Waals surface area (Å²) in [7, 11) is 0. The molecule has 5 nitrogen and oxygen atoms in total. The first-order valence-electron chi connectivity index (χ1n) is 9.78. The van der Waals surface area contributed by atoms with Crippen molar-refractivity contribution in [3.05, 3.63) is 58.8 Å². The number of hydrogen-bond acceptors (Lipinski definition) is 3. The Kier molecular flexibility index (Phi) is 4.73. The smallest absolute Gasteiger partial charge is 0.257 e. The van der Waals surface area contributed by atoms with Gasteiger partial charge in [-0.25, -0.2) is 4.39 Å². The summed E-state index contributed by atoms with van der Waals surface area (Å²) in [6, 6.07) is 8.05. The number of halogens is 1. The highest BCUT2D eigenvalue weighted by Gasteiger charge is 2.49. The third-order valence-corrected chi connectivity index (χ3v) is 6.02. The van der Waals surface area contributed by atoms with E-state index in [0.29, 0.717) is 49.7 Å². The maximum absolute atomic E-state index is 13.3. The normalized spacial score (nSPS) is 22.3. The lowest BCUT2D eigenvalue weighted by Crippen LogP contribution is -2.50. The highest BCUT2D eigenvalue weighted by atomic mass is 19.1. The van der Waals surface area contributed by atoms with Crippen LogP contribution in [0.3, 0.4) is 0 Å². The average molecular weight is 384 g/mol. The maximum Gasteiger partial charge on any atom is 0.257 e. The number of amides is 2. The first-order valence-corrected chi connectivity index (χ1v) is 9.78. The van der Waals surface area contributed by atoms with Gasteiger partial charge in [0.25, 0.3) is 5.91 Å². The van der Waals surface area contributed by atoms with Crippen LogP contribution in [-0.2, 0) is 11.3 Å². The number of nitrogens with zero attached hydrogens (tertiary/aromatic N) is 2. The number of rotatable bonds is 3. The molecule has 0 aliphatic carbocycles. The highest BCUT2D eigenvalue weighted by Crippen LogP contribution is 2.41. The third-order valence-electron chi connectivity index (χ3n) is 6.02. The van der Waals surface area contributed by atoms with Gasteiger partial charge in [0.05, 0.1) is 11.0 Å². The van der Waals surface area contributed by atoms with Gasteiger partial charge in [-0.3, -0.25) is 9.59 Å². The number of carbonyl (C=O) groups excluding carboxylic acids is 2. The molecule has 1 aromatic heterocycles. The fourth-order valence-electron chi connectivity index (χ4n) is 4.55. The molecule has 28 heavy (non-hydrogen) atoms. The van der Waals surface area contributed by atoms with E-state index >= 15 is 0 Å². The van der Waals surface area contributed by atoms with Crippen LogP contribution >= 0.6 is 0 Å². The van der Waals surface area contributed by atoms with Crippen molar-refractivity contribution >= 4 is 11.8 Å². The predicted molar refractivity (Wildman–Crippen MR) is 102 cm³/mol. The second-order valence-electron chi connectivity index (χ2n) is 8.04. The molecular weight excluding hydrogens is 359 g/mol. The Morgan fingerprint density at radius 2 is 1.93 bits per heavy atom. The summed E-state index contributed by atoms with van der Waals surface area (Å²) >= 11 is 0. The van der Waals surface area contributed by atoms with Crippen LogP contribution < -0.4 is 0 Å². The van der Waals surface area contributed by atoms with E-state index in [1.807, 2.05) is 11.8 Å². The summed E-state index contributed by atoms with van der Waals surface area (Å²) in [5.41, 5.74) is 1.00. The summed E-state index contributed by atoms with van der Waals surface area (Å²) in [5, 5.41) is 0. The summed E-state index contributed by atoms with van der Waals surface area (Å²) in [6.45, 7) is 5.84. The Morgan fingerprint density at radius 3 is 2.61 bits per heavy atom. The van der Waals surface area contributed by atoms with Crippen LogP contribution in [0, 0.1) is 25.1 Å². The Labute approximate surface area is 164 Å². The zero-order valence-corrected chi connectivity index (χ0v) is 16.3. The molecule has 2 amide bonds.